The van der Waals surface area contributed by atoms with Gasteiger partial charge in [-0.1, -0.05) is 12.1 Å². The Balaban J connectivity index is 2.37. The minimum absolute atomic E-state index is 0.00645. The van der Waals surface area contributed by atoms with Crippen LogP contribution >= 0.6 is 0 Å². The highest BCUT2D eigenvalue weighted by Crippen LogP contribution is 2.23. The van der Waals surface area contributed by atoms with Gasteiger partial charge in [-0.2, -0.15) is 13.2 Å². The molecule has 1 atom stereocenters. The fourth-order valence-corrected chi connectivity index (χ4v) is 1.70. The first-order chi connectivity index (χ1) is 8.71. The van der Waals surface area contributed by atoms with E-state index in [1.807, 2.05) is 0 Å². The number of hydrogen-bond donors (Lipinski definition) is 1. The predicted molar refractivity (Wildman–Crippen MR) is 64.0 cm³/mol. The van der Waals surface area contributed by atoms with Crippen LogP contribution in [0.4, 0.5) is 17.6 Å². The lowest BCUT2D eigenvalue weighted by molar-refractivity contribution is -0.174. The fourth-order valence-electron chi connectivity index (χ4n) is 1.70. The molecule has 0 aliphatic carbocycles. The normalized spacial score (nSPS) is 15.3. The summed E-state index contributed by atoms with van der Waals surface area (Å²) in [6, 6.07) is 5.76. The lowest BCUT2D eigenvalue weighted by Crippen LogP contribution is -2.33. The molecule has 2 N–H and O–H groups in total. The van der Waals surface area contributed by atoms with Crippen LogP contribution in [0.15, 0.2) is 24.3 Å². The summed E-state index contributed by atoms with van der Waals surface area (Å²) in [6.45, 7) is 0.502. The Kier molecular flexibility index (Phi) is 5.31. The second kappa shape index (κ2) is 6.34. The minimum Gasteiger partial charge on any atom is -0.372 e. The molecule has 0 aromatic heterocycles. The largest absolute Gasteiger partial charge is 0.411 e. The molecule has 0 aliphatic heterocycles. The first-order valence-electron chi connectivity index (χ1n) is 5.90. The molecule has 1 rings (SSSR count). The highest BCUT2D eigenvalue weighted by molar-refractivity contribution is 5.23. The van der Waals surface area contributed by atoms with Crippen LogP contribution in [0, 0.1) is 5.82 Å². The minimum atomic E-state index is -4.30. The zero-order valence-corrected chi connectivity index (χ0v) is 10.6. The van der Waals surface area contributed by atoms with Gasteiger partial charge in [-0.15, -0.1) is 0 Å². The summed E-state index contributed by atoms with van der Waals surface area (Å²) < 4.78 is 52.8. The van der Waals surface area contributed by atoms with Crippen LogP contribution < -0.4 is 5.73 Å². The summed E-state index contributed by atoms with van der Waals surface area (Å²) in [4.78, 5) is 0. The van der Waals surface area contributed by atoms with Crippen LogP contribution in [0.25, 0.3) is 0 Å². The molecular weight excluding hydrogens is 262 g/mol. The first kappa shape index (κ1) is 15.9. The molecule has 1 aromatic carbocycles. The lowest BCUT2D eigenvalue weighted by atomic mass is 9.88. The maximum Gasteiger partial charge on any atom is 0.411 e. The molecule has 0 saturated heterocycles. The van der Waals surface area contributed by atoms with Crippen LogP contribution in [-0.4, -0.2) is 19.4 Å². The van der Waals surface area contributed by atoms with Crippen molar-refractivity contribution < 1.29 is 22.3 Å². The Bertz CT molecular complexity index is 387. The zero-order valence-electron chi connectivity index (χ0n) is 10.6. The van der Waals surface area contributed by atoms with Crippen molar-refractivity contribution in [1.29, 1.82) is 0 Å². The molecule has 19 heavy (non-hydrogen) atoms. The van der Waals surface area contributed by atoms with Crippen LogP contribution in [0.5, 0.6) is 0 Å². The van der Waals surface area contributed by atoms with Gasteiger partial charge in [0.1, 0.15) is 12.4 Å². The van der Waals surface area contributed by atoms with E-state index in [2.05, 4.69) is 4.74 Å². The number of rotatable bonds is 6. The molecule has 2 nitrogen and oxygen atoms in total. The van der Waals surface area contributed by atoms with Gasteiger partial charge < -0.3 is 10.5 Å². The van der Waals surface area contributed by atoms with Crippen molar-refractivity contribution in [2.24, 2.45) is 5.73 Å². The molecule has 0 amide bonds. The quantitative estimate of drug-likeness (QED) is 0.640. The summed E-state index contributed by atoms with van der Waals surface area (Å²) in [5, 5.41) is 0. The van der Waals surface area contributed by atoms with Gasteiger partial charge in [0.25, 0.3) is 0 Å². The number of benzene rings is 1. The monoisotopic (exact) mass is 279 g/mol. The van der Waals surface area contributed by atoms with E-state index in [9.17, 15) is 17.6 Å². The van der Waals surface area contributed by atoms with E-state index in [0.29, 0.717) is 12.8 Å². The van der Waals surface area contributed by atoms with Crippen molar-refractivity contribution in [2.45, 2.75) is 31.5 Å². The van der Waals surface area contributed by atoms with Crippen LogP contribution in [0.3, 0.4) is 0 Å². The first-order valence-corrected chi connectivity index (χ1v) is 5.90. The van der Waals surface area contributed by atoms with Gasteiger partial charge in [-0.3, -0.25) is 0 Å². The van der Waals surface area contributed by atoms with Crippen LogP contribution in [0.1, 0.15) is 25.3 Å². The average molecular weight is 279 g/mol. The third-order valence-corrected chi connectivity index (χ3v) is 2.75. The van der Waals surface area contributed by atoms with Crippen LogP contribution in [0.2, 0.25) is 0 Å². The Hall–Kier alpha value is -1.14. The van der Waals surface area contributed by atoms with Crippen molar-refractivity contribution in [1.82, 2.24) is 0 Å². The van der Waals surface area contributed by atoms with E-state index < -0.39 is 18.3 Å². The SMILES string of the molecule is CC(N)(CCCOCC(F)(F)F)c1ccc(F)cc1. The van der Waals surface area contributed by atoms with Gasteiger partial charge >= 0.3 is 6.18 Å². The van der Waals surface area contributed by atoms with E-state index in [0.717, 1.165) is 5.56 Å². The van der Waals surface area contributed by atoms with Crippen molar-refractivity contribution in [2.75, 3.05) is 13.2 Å². The smallest absolute Gasteiger partial charge is 0.372 e. The topological polar surface area (TPSA) is 35.2 Å². The summed E-state index contributed by atoms with van der Waals surface area (Å²) in [7, 11) is 0. The van der Waals surface area contributed by atoms with E-state index in [4.69, 9.17) is 5.73 Å². The van der Waals surface area contributed by atoms with Crippen molar-refractivity contribution in [3.05, 3.63) is 35.6 Å². The van der Waals surface area contributed by atoms with Gasteiger partial charge in [0.05, 0.1) is 0 Å². The van der Waals surface area contributed by atoms with Crippen molar-refractivity contribution in [3.63, 3.8) is 0 Å². The molecule has 108 valence electrons. The maximum absolute atomic E-state index is 12.8. The third-order valence-electron chi connectivity index (χ3n) is 2.75. The molecule has 0 aliphatic rings. The van der Waals surface area contributed by atoms with Gasteiger partial charge in [0, 0.05) is 12.1 Å². The fraction of sp³-hybridized carbons (Fsp3) is 0.538. The van der Waals surface area contributed by atoms with Crippen LogP contribution in [-0.2, 0) is 10.3 Å². The molecule has 0 spiro atoms. The van der Waals surface area contributed by atoms with Gasteiger partial charge in [-0.25, -0.2) is 4.39 Å². The van der Waals surface area contributed by atoms with E-state index in [1.54, 1.807) is 19.1 Å². The Labute approximate surface area is 109 Å². The number of hydrogen-bond acceptors (Lipinski definition) is 2. The zero-order chi connectivity index (χ0) is 14.5. The predicted octanol–water partition coefficient (Wildman–Crippen LogP) is 3.36. The second-order valence-electron chi connectivity index (χ2n) is 4.70. The van der Waals surface area contributed by atoms with Crippen molar-refractivity contribution >= 4 is 0 Å². The molecule has 0 saturated carbocycles. The average Bonchev–Trinajstić information content (AvgIpc) is 2.27. The molecule has 6 heteroatoms. The van der Waals surface area contributed by atoms with Crippen molar-refractivity contribution in [3.8, 4) is 0 Å². The molecular formula is C13H17F4NO. The summed E-state index contributed by atoms with van der Waals surface area (Å²) in [6.07, 6.45) is -3.44. The Morgan fingerprint density at radius 2 is 1.74 bits per heavy atom. The maximum atomic E-state index is 12.8. The van der Waals surface area contributed by atoms with E-state index >= 15 is 0 Å². The Morgan fingerprint density at radius 1 is 1.16 bits per heavy atom. The second-order valence-corrected chi connectivity index (χ2v) is 4.70. The number of nitrogens with two attached hydrogens (primary N) is 1. The Morgan fingerprint density at radius 3 is 2.26 bits per heavy atom. The highest BCUT2D eigenvalue weighted by Gasteiger charge is 2.27. The van der Waals surface area contributed by atoms with Gasteiger partial charge in [0.15, 0.2) is 0 Å². The molecule has 1 aromatic rings. The standard InChI is InChI=1S/C13H17F4NO/c1-12(18,10-3-5-11(14)6-4-10)7-2-8-19-9-13(15,16)17/h3-6H,2,7-9,18H2,1H3. The number of alkyl halides is 3. The summed E-state index contributed by atoms with van der Waals surface area (Å²) >= 11 is 0. The molecule has 0 radical (unpaired) electrons. The molecule has 0 heterocycles. The molecule has 1 unspecified atom stereocenters. The number of ether oxygens (including phenoxy) is 1. The van der Waals surface area contributed by atoms with E-state index in [1.165, 1.54) is 12.1 Å². The number of halogens is 4. The molecule has 0 fully saturated rings. The third kappa shape index (κ3) is 6.02. The highest BCUT2D eigenvalue weighted by atomic mass is 19.4. The van der Waals surface area contributed by atoms with Gasteiger partial charge in [-0.05, 0) is 37.5 Å². The van der Waals surface area contributed by atoms with Gasteiger partial charge in [0.2, 0.25) is 0 Å². The summed E-state index contributed by atoms with van der Waals surface area (Å²) in [5.41, 5.74) is 6.08. The van der Waals surface area contributed by atoms with E-state index in [-0.39, 0.29) is 12.4 Å². The summed E-state index contributed by atoms with van der Waals surface area (Å²) in [5.74, 6) is -0.354. The molecule has 0 bridgehead atoms. The lowest BCUT2D eigenvalue weighted by Gasteiger charge is -2.25.